The fraction of sp³-hybridized carbons (Fsp3) is 0.0909. The molecule has 0 bridgehead atoms. The lowest BCUT2D eigenvalue weighted by Crippen LogP contribution is -1.94. The van der Waals surface area contributed by atoms with E-state index in [0.29, 0.717) is 6.61 Å². The molecule has 3 aromatic rings. The molecule has 0 fully saturated rings. The molecule has 0 saturated carbocycles. The fourth-order valence-corrected chi connectivity index (χ4v) is 1.99. The summed E-state index contributed by atoms with van der Waals surface area (Å²) in [4.78, 5) is 11.2. The summed E-state index contributed by atoms with van der Waals surface area (Å²) >= 11 is 1.58. The molecule has 0 unspecified atom stereocenters. The number of nitrogens with one attached hydrogen (secondary N) is 1. The maximum absolute atomic E-state index is 5.67. The van der Waals surface area contributed by atoms with Crippen molar-refractivity contribution in [3.05, 3.63) is 41.1 Å². The fourth-order valence-electron chi connectivity index (χ4n) is 1.46. The minimum absolute atomic E-state index is 0.476. The highest BCUT2D eigenvalue weighted by atomic mass is 32.1. The molecule has 1 aromatic carbocycles. The van der Waals surface area contributed by atoms with Crippen LogP contribution in [0.2, 0.25) is 0 Å². The lowest BCUT2D eigenvalue weighted by Gasteiger charge is -2.03. The van der Waals surface area contributed by atoms with Gasteiger partial charge in [-0.1, -0.05) is 6.07 Å². The third kappa shape index (κ3) is 1.65. The van der Waals surface area contributed by atoms with Gasteiger partial charge in [0, 0.05) is 11.6 Å². The Bertz CT molecular complexity index is 588. The van der Waals surface area contributed by atoms with Crippen molar-refractivity contribution in [1.29, 1.82) is 0 Å². The van der Waals surface area contributed by atoms with Crippen LogP contribution in [0.5, 0.6) is 5.75 Å². The molecular weight excluding hydrogens is 222 g/mol. The van der Waals surface area contributed by atoms with Crippen molar-refractivity contribution in [3.63, 3.8) is 0 Å². The van der Waals surface area contributed by atoms with Crippen LogP contribution < -0.4 is 4.74 Å². The second-order valence-electron chi connectivity index (χ2n) is 3.22. The summed E-state index contributed by atoms with van der Waals surface area (Å²) in [6.07, 6.45) is 4.47. The molecule has 0 aliphatic rings. The zero-order valence-electron chi connectivity index (χ0n) is 8.30. The normalized spacial score (nSPS) is 10.8. The average molecular weight is 230 g/mol. The van der Waals surface area contributed by atoms with Crippen molar-refractivity contribution in [2.75, 3.05) is 0 Å². The van der Waals surface area contributed by atoms with Gasteiger partial charge in [0.15, 0.2) is 6.33 Å². The first kappa shape index (κ1) is 9.35. The first-order valence-electron chi connectivity index (χ1n) is 4.79. The summed E-state index contributed by atoms with van der Waals surface area (Å²) in [5.74, 6) is 0.755. The van der Waals surface area contributed by atoms with E-state index in [0.717, 1.165) is 21.8 Å². The van der Waals surface area contributed by atoms with Crippen LogP contribution in [-0.4, -0.2) is 15.0 Å². The summed E-state index contributed by atoms with van der Waals surface area (Å²) in [7, 11) is 0. The van der Waals surface area contributed by atoms with E-state index in [2.05, 4.69) is 21.3 Å². The Hall–Kier alpha value is -1.88. The monoisotopic (exact) mass is 230 g/mol. The molecule has 79 valence electrons. The number of nitrogens with zero attached hydrogens (tertiary/aromatic N) is 2. The number of ether oxygens (including phenoxy) is 1. The molecule has 5 heteroatoms. The molecule has 0 saturated heterocycles. The molecular formula is C11H8N3OS. The topological polar surface area (TPSA) is 50.8 Å². The van der Waals surface area contributed by atoms with Gasteiger partial charge in [0.05, 0.1) is 5.52 Å². The highest BCUT2D eigenvalue weighted by Crippen LogP contribution is 2.23. The van der Waals surface area contributed by atoms with Crippen LogP contribution in [0.25, 0.3) is 11.0 Å². The van der Waals surface area contributed by atoms with Crippen LogP contribution in [0, 0.1) is 6.33 Å². The van der Waals surface area contributed by atoms with Gasteiger partial charge in [-0.2, -0.15) is 0 Å². The van der Waals surface area contributed by atoms with E-state index in [1.165, 1.54) is 0 Å². The Kier molecular flexibility index (Phi) is 2.30. The van der Waals surface area contributed by atoms with E-state index in [1.807, 2.05) is 23.6 Å². The van der Waals surface area contributed by atoms with E-state index >= 15 is 0 Å². The quantitative estimate of drug-likeness (QED) is 0.751. The smallest absolute Gasteiger partial charge is 0.174 e. The number of aromatic nitrogens is 3. The lowest BCUT2D eigenvalue weighted by molar-refractivity contribution is 0.309. The number of thiazole rings is 1. The molecule has 0 amide bonds. The maximum atomic E-state index is 5.67. The van der Waals surface area contributed by atoms with E-state index in [4.69, 9.17) is 4.74 Å². The summed E-state index contributed by atoms with van der Waals surface area (Å²) in [6.45, 7) is 0.476. The van der Waals surface area contributed by atoms with E-state index in [1.54, 1.807) is 17.5 Å². The standard InChI is InChI=1S/C11H8N3OS/c1-2-8-11(14-7-13-8)9(3-1)15-6-10-12-4-5-16-10/h1-5H,6H2,(H,13,14). The first-order valence-corrected chi connectivity index (χ1v) is 5.67. The summed E-state index contributed by atoms with van der Waals surface area (Å²) < 4.78 is 5.67. The summed E-state index contributed by atoms with van der Waals surface area (Å²) in [5.41, 5.74) is 1.73. The molecule has 16 heavy (non-hydrogen) atoms. The Morgan fingerprint density at radius 2 is 2.44 bits per heavy atom. The number of fused-ring (bicyclic) bond motifs is 1. The van der Waals surface area contributed by atoms with Crippen molar-refractivity contribution in [2.45, 2.75) is 6.61 Å². The van der Waals surface area contributed by atoms with Crippen LogP contribution in [0.15, 0.2) is 29.8 Å². The lowest BCUT2D eigenvalue weighted by atomic mass is 10.3. The van der Waals surface area contributed by atoms with Crippen molar-refractivity contribution in [3.8, 4) is 5.75 Å². The predicted octanol–water partition coefficient (Wildman–Crippen LogP) is 2.40. The number of H-pyrrole nitrogens is 1. The number of imidazole rings is 1. The Morgan fingerprint density at radius 1 is 1.44 bits per heavy atom. The molecule has 3 rings (SSSR count). The van der Waals surface area contributed by atoms with Gasteiger partial charge in [-0.25, -0.2) is 9.97 Å². The van der Waals surface area contributed by atoms with Crippen LogP contribution in [0.4, 0.5) is 0 Å². The van der Waals surface area contributed by atoms with Crippen LogP contribution in [-0.2, 0) is 6.61 Å². The maximum Gasteiger partial charge on any atom is 0.174 e. The van der Waals surface area contributed by atoms with Crippen molar-refractivity contribution < 1.29 is 4.74 Å². The zero-order valence-corrected chi connectivity index (χ0v) is 9.12. The first-order chi connectivity index (χ1) is 7.93. The Morgan fingerprint density at radius 3 is 3.31 bits per heavy atom. The molecule has 0 aliphatic carbocycles. The molecule has 2 heterocycles. The van der Waals surface area contributed by atoms with Crippen LogP contribution in [0.1, 0.15) is 5.01 Å². The second kappa shape index (κ2) is 3.94. The average Bonchev–Trinajstić information content (AvgIpc) is 2.97. The highest BCUT2D eigenvalue weighted by Gasteiger charge is 2.05. The van der Waals surface area contributed by atoms with E-state index in [-0.39, 0.29) is 0 Å². The molecule has 0 spiro atoms. The minimum Gasteiger partial charge on any atom is -0.484 e. The Balaban J connectivity index is 1.86. The van der Waals surface area contributed by atoms with Gasteiger partial charge in [0.1, 0.15) is 22.9 Å². The number of aromatic amines is 1. The molecule has 4 nitrogen and oxygen atoms in total. The van der Waals surface area contributed by atoms with Crippen molar-refractivity contribution in [1.82, 2.24) is 15.0 Å². The Labute approximate surface area is 95.9 Å². The third-order valence-electron chi connectivity index (χ3n) is 2.19. The van der Waals surface area contributed by atoms with Gasteiger partial charge in [-0.05, 0) is 12.1 Å². The minimum atomic E-state index is 0.476. The highest BCUT2D eigenvalue weighted by molar-refractivity contribution is 7.09. The SMILES string of the molecule is [c]1nc2c(OCc3nccs3)cccc2[nH]1. The number of rotatable bonds is 3. The number of hydrogen-bond donors (Lipinski definition) is 1. The predicted molar refractivity (Wildman–Crippen MR) is 61.4 cm³/mol. The molecule has 0 aliphatic heterocycles. The molecule has 2 aromatic heterocycles. The van der Waals surface area contributed by atoms with Crippen LogP contribution >= 0.6 is 11.3 Å². The number of hydrogen-bond acceptors (Lipinski definition) is 4. The van der Waals surface area contributed by atoms with Gasteiger partial charge < -0.3 is 9.72 Å². The largest absolute Gasteiger partial charge is 0.484 e. The summed E-state index contributed by atoms with van der Waals surface area (Å²) in [6, 6.07) is 5.76. The van der Waals surface area contributed by atoms with Crippen molar-refractivity contribution in [2.24, 2.45) is 0 Å². The van der Waals surface area contributed by atoms with Gasteiger partial charge in [0.25, 0.3) is 0 Å². The third-order valence-corrected chi connectivity index (χ3v) is 2.95. The molecule has 1 N–H and O–H groups in total. The van der Waals surface area contributed by atoms with Gasteiger partial charge in [-0.15, -0.1) is 11.3 Å². The van der Waals surface area contributed by atoms with Gasteiger partial charge >= 0.3 is 0 Å². The summed E-state index contributed by atoms with van der Waals surface area (Å²) in [5, 5.41) is 2.89. The number of benzene rings is 1. The van der Waals surface area contributed by atoms with Gasteiger partial charge in [-0.3, -0.25) is 0 Å². The zero-order chi connectivity index (χ0) is 10.8. The second-order valence-corrected chi connectivity index (χ2v) is 4.19. The van der Waals surface area contributed by atoms with E-state index < -0.39 is 0 Å². The van der Waals surface area contributed by atoms with E-state index in [9.17, 15) is 0 Å². The van der Waals surface area contributed by atoms with Crippen LogP contribution in [0.3, 0.4) is 0 Å². The van der Waals surface area contributed by atoms with Gasteiger partial charge in [0.2, 0.25) is 0 Å². The molecule has 1 radical (unpaired) electrons. The number of para-hydroxylation sites is 1. The molecule has 0 atom stereocenters. The van der Waals surface area contributed by atoms with Crippen molar-refractivity contribution >= 4 is 22.4 Å².